The van der Waals surface area contributed by atoms with E-state index in [2.05, 4.69) is 32.8 Å². The van der Waals surface area contributed by atoms with Crippen LogP contribution in [0.1, 0.15) is 35.4 Å². The standard InChI is InChI=1S/C26H30ClFN4OS/c1-31-16-26(29-17-31)34-30-7-10-33-22-5-3-19-4-6-25(32-8-2-9-32)24(23(19)15-22)13-18-11-20(27)14-21(28)12-18/h3,5,11-12,14-17,24-25,30H,2,4,6-10,13H2,1H3. The summed E-state index contributed by atoms with van der Waals surface area (Å²) in [4.78, 5) is 6.88. The maximum atomic E-state index is 14.1. The highest BCUT2D eigenvalue weighted by Gasteiger charge is 2.36. The largest absolute Gasteiger partial charge is 0.492 e. The highest BCUT2D eigenvalue weighted by Crippen LogP contribution is 2.40. The molecule has 1 aromatic heterocycles. The Morgan fingerprint density at radius 2 is 2.12 bits per heavy atom. The van der Waals surface area contributed by atoms with Gasteiger partial charge in [-0.2, -0.15) is 0 Å². The molecule has 1 saturated heterocycles. The van der Waals surface area contributed by atoms with Gasteiger partial charge in [-0.1, -0.05) is 17.7 Å². The summed E-state index contributed by atoms with van der Waals surface area (Å²) in [5, 5.41) is 1.40. The Hall–Kier alpha value is -2.06. The molecule has 1 aliphatic heterocycles. The molecule has 180 valence electrons. The van der Waals surface area contributed by atoms with Crippen LogP contribution in [0.2, 0.25) is 5.02 Å². The average Bonchev–Trinajstić information content (AvgIpc) is 3.18. The number of halogens is 2. The van der Waals surface area contributed by atoms with E-state index < -0.39 is 0 Å². The van der Waals surface area contributed by atoms with Gasteiger partial charge in [0.2, 0.25) is 0 Å². The van der Waals surface area contributed by atoms with Gasteiger partial charge in [-0.3, -0.25) is 9.62 Å². The molecule has 2 aliphatic rings. The van der Waals surface area contributed by atoms with Gasteiger partial charge >= 0.3 is 0 Å². The number of likely N-dealkylation sites (tertiary alicyclic amines) is 1. The number of rotatable bonds is 9. The Kier molecular flexibility index (Phi) is 7.44. The van der Waals surface area contributed by atoms with Crippen molar-refractivity contribution in [2.45, 2.75) is 42.7 Å². The molecular weight excluding hydrogens is 471 g/mol. The van der Waals surface area contributed by atoms with Gasteiger partial charge in [0.1, 0.15) is 23.2 Å². The van der Waals surface area contributed by atoms with Crippen molar-refractivity contribution in [1.82, 2.24) is 19.2 Å². The number of nitrogens with one attached hydrogen (secondary N) is 1. The van der Waals surface area contributed by atoms with Gasteiger partial charge in [0.25, 0.3) is 0 Å². The highest BCUT2D eigenvalue weighted by atomic mass is 35.5. The molecule has 1 fully saturated rings. The number of imidazole rings is 1. The van der Waals surface area contributed by atoms with Crippen LogP contribution in [-0.2, 0) is 19.9 Å². The van der Waals surface area contributed by atoms with Gasteiger partial charge in [-0.15, -0.1) is 0 Å². The van der Waals surface area contributed by atoms with Crippen molar-refractivity contribution >= 4 is 23.5 Å². The lowest BCUT2D eigenvalue weighted by Gasteiger charge is -2.45. The zero-order chi connectivity index (χ0) is 23.5. The van der Waals surface area contributed by atoms with E-state index in [0.717, 1.165) is 48.7 Å². The molecule has 2 unspecified atom stereocenters. The number of ether oxygens (including phenoxy) is 1. The van der Waals surface area contributed by atoms with Gasteiger partial charge in [-0.05, 0) is 97.7 Å². The molecule has 0 bridgehead atoms. The normalized spacial score (nSPS) is 20.1. The molecule has 5 nitrogen and oxygen atoms in total. The van der Waals surface area contributed by atoms with E-state index in [9.17, 15) is 4.39 Å². The van der Waals surface area contributed by atoms with Crippen molar-refractivity contribution in [1.29, 1.82) is 0 Å². The Labute approximate surface area is 209 Å². The van der Waals surface area contributed by atoms with E-state index in [1.807, 2.05) is 23.9 Å². The number of fused-ring (bicyclic) bond motifs is 1. The van der Waals surface area contributed by atoms with Crippen LogP contribution in [0.15, 0.2) is 53.9 Å². The predicted molar refractivity (Wildman–Crippen MR) is 135 cm³/mol. The van der Waals surface area contributed by atoms with E-state index >= 15 is 0 Å². The molecule has 0 amide bonds. The van der Waals surface area contributed by atoms with Crippen molar-refractivity contribution < 1.29 is 9.13 Å². The number of aryl methyl sites for hydroxylation is 2. The van der Waals surface area contributed by atoms with E-state index in [4.69, 9.17) is 16.3 Å². The van der Waals surface area contributed by atoms with Gasteiger partial charge in [0.15, 0.2) is 0 Å². The van der Waals surface area contributed by atoms with Crippen LogP contribution in [0.4, 0.5) is 4.39 Å². The summed E-state index contributed by atoms with van der Waals surface area (Å²) in [5.41, 5.74) is 3.66. The van der Waals surface area contributed by atoms with Gasteiger partial charge in [0, 0.05) is 36.8 Å². The van der Waals surface area contributed by atoms with Crippen molar-refractivity contribution in [2.24, 2.45) is 7.05 Å². The SMILES string of the molecule is Cn1cnc(SNCCOc2ccc3c(c2)C(Cc2cc(F)cc(Cl)c2)C(N2CCC2)CC3)c1. The van der Waals surface area contributed by atoms with Crippen molar-refractivity contribution in [2.75, 3.05) is 26.2 Å². The van der Waals surface area contributed by atoms with Crippen LogP contribution in [-0.4, -0.2) is 46.7 Å². The third-order valence-electron chi connectivity index (χ3n) is 6.76. The van der Waals surface area contributed by atoms with E-state index in [1.165, 1.54) is 35.6 Å². The molecule has 0 saturated carbocycles. The van der Waals surface area contributed by atoms with E-state index in [-0.39, 0.29) is 5.82 Å². The second-order valence-corrected chi connectivity index (χ2v) is 10.5. The molecule has 8 heteroatoms. The summed E-state index contributed by atoms with van der Waals surface area (Å²) < 4.78 is 25.4. The fraction of sp³-hybridized carbons (Fsp3) is 0.423. The van der Waals surface area contributed by atoms with Crippen LogP contribution in [0.25, 0.3) is 0 Å². The maximum absolute atomic E-state index is 14.1. The lowest BCUT2D eigenvalue weighted by Crippen LogP contribution is -2.49. The summed E-state index contributed by atoms with van der Waals surface area (Å²) in [5.74, 6) is 0.908. The van der Waals surface area contributed by atoms with Crippen molar-refractivity contribution in [3.63, 3.8) is 0 Å². The van der Waals surface area contributed by atoms with E-state index in [1.54, 1.807) is 12.4 Å². The van der Waals surface area contributed by atoms with Gasteiger partial charge in [0.05, 0.1) is 6.33 Å². The Morgan fingerprint density at radius 3 is 2.85 bits per heavy atom. The summed E-state index contributed by atoms with van der Waals surface area (Å²) >= 11 is 7.68. The summed E-state index contributed by atoms with van der Waals surface area (Å²) in [6, 6.07) is 11.9. The molecule has 0 radical (unpaired) electrons. The first-order valence-electron chi connectivity index (χ1n) is 11.9. The van der Waals surface area contributed by atoms with Crippen molar-refractivity contribution in [3.8, 4) is 5.75 Å². The minimum Gasteiger partial charge on any atom is -0.492 e. The number of aromatic nitrogens is 2. The first kappa shape index (κ1) is 23.7. The Morgan fingerprint density at radius 1 is 1.24 bits per heavy atom. The molecule has 1 N–H and O–H groups in total. The van der Waals surface area contributed by atoms with Gasteiger partial charge in [-0.25, -0.2) is 9.37 Å². The Balaban J connectivity index is 1.28. The quantitative estimate of drug-likeness (QED) is 0.321. The smallest absolute Gasteiger partial charge is 0.129 e. The summed E-state index contributed by atoms with van der Waals surface area (Å²) in [6.07, 6.45) is 8.00. The molecule has 34 heavy (non-hydrogen) atoms. The monoisotopic (exact) mass is 500 g/mol. The highest BCUT2D eigenvalue weighted by molar-refractivity contribution is 7.97. The third-order valence-corrected chi connectivity index (χ3v) is 7.75. The number of hydrogen-bond donors (Lipinski definition) is 1. The second-order valence-electron chi connectivity index (χ2n) is 9.17. The Bertz CT molecular complexity index is 1120. The van der Waals surface area contributed by atoms with Crippen LogP contribution in [0.3, 0.4) is 0 Å². The summed E-state index contributed by atoms with van der Waals surface area (Å²) in [7, 11) is 1.96. The molecule has 5 rings (SSSR count). The lowest BCUT2D eigenvalue weighted by molar-refractivity contribution is 0.0876. The van der Waals surface area contributed by atoms with Crippen LogP contribution in [0.5, 0.6) is 5.75 Å². The minimum absolute atomic E-state index is 0.271. The number of benzene rings is 2. The number of nitrogens with zero attached hydrogens (tertiary/aromatic N) is 3. The molecule has 2 aromatic carbocycles. The van der Waals surface area contributed by atoms with Gasteiger partial charge < -0.3 is 9.30 Å². The minimum atomic E-state index is -0.271. The van der Waals surface area contributed by atoms with Crippen molar-refractivity contribution in [3.05, 3.63) is 76.5 Å². The third kappa shape index (κ3) is 5.60. The molecule has 2 heterocycles. The average molecular weight is 501 g/mol. The summed E-state index contributed by atoms with van der Waals surface area (Å²) in [6.45, 7) is 3.57. The predicted octanol–water partition coefficient (Wildman–Crippen LogP) is 5.24. The second kappa shape index (κ2) is 10.7. The van der Waals surface area contributed by atoms with E-state index in [0.29, 0.717) is 30.1 Å². The maximum Gasteiger partial charge on any atom is 0.129 e. The zero-order valence-corrected chi connectivity index (χ0v) is 20.9. The molecule has 1 aliphatic carbocycles. The van der Waals surface area contributed by atoms with Crippen LogP contribution >= 0.6 is 23.5 Å². The first-order chi connectivity index (χ1) is 16.5. The molecule has 0 spiro atoms. The van der Waals surface area contributed by atoms with Crippen LogP contribution in [0, 0.1) is 5.82 Å². The zero-order valence-electron chi connectivity index (χ0n) is 19.3. The van der Waals surface area contributed by atoms with Crippen LogP contribution < -0.4 is 9.46 Å². The molecular formula is C26H30ClFN4OS. The topological polar surface area (TPSA) is 42.3 Å². The lowest BCUT2D eigenvalue weighted by atomic mass is 9.75. The number of hydrogen-bond acceptors (Lipinski definition) is 5. The molecule has 2 atom stereocenters. The first-order valence-corrected chi connectivity index (χ1v) is 13.1. The molecule has 3 aromatic rings. The fourth-order valence-electron chi connectivity index (χ4n) is 5.06. The fourth-order valence-corrected chi connectivity index (χ4v) is 5.96.